The zero-order chi connectivity index (χ0) is 14.5. The minimum absolute atomic E-state index is 0.611. The molecular formula is C16H19ClN2O. The Kier molecular flexibility index (Phi) is 4.99. The number of aromatic nitrogens is 1. The van der Waals surface area contributed by atoms with Crippen molar-refractivity contribution in [2.45, 2.75) is 27.3 Å². The first-order valence-electron chi connectivity index (χ1n) is 6.70. The molecule has 0 unspecified atom stereocenters. The number of halogens is 1. The Morgan fingerprint density at radius 3 is 2.70 bits per heavy atom. The molecule has 3 nitrogen and oxygen atoms in total. The molecule has 0 saturated heterocycles. The van der Waals surface area contributed by atoms with Crippen LogP contribution in [0.2, 0.25) is 5.02 Å². The summed E-state index contributed by atoms with van der Waals surface area (Å²) in [6.45, 7) is 7.76. The fourth-order valence-electron chi connectivity index (χ4n) is 1.93. The molecular weight excluding hydrogens is 272 g/mol. The van der Waals surface area contributed by atoms with Gasteiger partial charge in [-0.1, -0.05) is 18.5 Å². The number of nitrogens with one attached hydrogen (secondary N) is 1. The molecule has 0 radical (unpaired) electrons. The highest BCUT2D eigenvalue weighted by atomic mass is 35.5. The number of rotatable bonds is 5. The monoisotopic (exact) mass is 290 g/mol. The summed E-state index contributed by atoms with van der Waals surface area (Å²) in [6, 6.07) is 9.61. The van der Waals surface area contributed by atoms with E-state index in [-0.39, 0.29) is 0 Å². The van der Waals surface area contributed by atoms with Gasteiger partial charge in [0.05, 0.1) is 0 Å². The van der Waals surface area contributed by atoms with Gasteiger partial charge >= 0.3 is 0 Å². The standard InChI is InChI=1S/C16H19ClN2O/c1-4-18-10-13-8-12(3)19-16(9-13)20-14-5-6-15(17)11(2)7-14/h5-9,18H,4,10H2,1-3H3. The van der Waals surface area contributed by atoms with E-state index >= 15 is 0 Å². The van der Waals surface area contributed by atoms with E-state index < -0.39 is 0 Å². The third-order valence-corrected chi connectivity index (χ3v) is 3.34. The molecule has 106 valence electrons. The molecule has 1 aromatic carbocycles. The summed E-state index contributed by atoms with van der Waals surface area (Å²) < 4.78 is 5.82. The normalized spacial score (nSPS) is 10.6. The second-order valence-corrected chi connectivity index (χ2v) is 5.16. The lowest BCUT2D eigenvalue weighted by Crippen LogP contribution is -2.12. The van der Waals surface area contributed by atoms with Gasteiger partial charge < -0.3 is 10.1 Å². The number of ether oxygens (including phenoxy) is 1. The van der Waals surface area contributed by atoms with E-state index in [1.807, 2.05) is 38.1 Å². The minimum atomic E-state index is 0.611. The summed E-state index contributed by atoms with van der Waals surface area (Å²) in [5.74, 6) is 1.36. The Hall–Kier alpha value is -1.58. The second-order valence-electron chi connectivity index (χ2n) is 4.75. The quantitative estimate of drug-likeness (QED) is 0.894. The van der Waals surface area contributed by atoms with E-state index in [4.69, 9.17) is 16.3 Å². The van der Waals surface area contributed by atoms with Crippen LogP contribution >= 0.6 is 11.6 Å². The largest absolute Gasteiger partial charge is 0.439 e. The van der Waals surface area contributed by atoms with Gasteiger partial charge in [0.15, 0.2) is 0 Å². The molecule has 0 aliphatic carbocycles. The zero-order valence-corrected chi connectivity index (χ0v) is 12.8. The van der Waals surface area contributed by atoms with Crippen LogP contribution in [-0.4, -0.2) is 11.5 Å². The SMILES string of the molecule is CCNCc1cc(C)nc(Oc2ccc(Cl)c(C)c2)c1. The first-order chi connectivity index (χ1) is 9.58. The van der Waals surface area contributed by atoms with Crippen molar-refractivity contribution < 1.29 is 4.74 Å². The van der Waals surface area contributed by atoms with Gasteiger partial charge in [-0.2, -0.15) is 0 Å². The van der Waals surface area contributed by atoms with Crippen molar-refractivity contribution >= 4 is 11.6 Å². The number of benzene rings is 1. The van der Waals surface area contributed by atoms with E-state index in [9.17, 15) is 0 Å². The van der Waals surface area contributed by atoms with Crippen LogP contribution in [0.3, 0.4) is 0 Å². The van der Waals surface area contributed by atoms with Crippen molar-refractivity contribution in [3.8, 4) is 11.6 Å². The summed E-state index contributed by atoms with van der Waals surface area (Å²) in [7, 11) is 0. The molecule has 0 saturated carbocycles. The summed E-state index contributed by atoms with van der Waals surface area (Å²) in [5, 5.41) is 4.04. The first-order valence-corrected chi connectivity index (χ1v) is 7.08. The molecule has 2 rings (SSSR count). The molecule has 1 heterocycles. The van der Waals surface area contributed by atoms with E-state index in [1.54, 1.807) is 0 Å². The van der Waals surface area contributed by atoms with Gasteiger partial charge in [-0.3, -0.25) is 0 Å². The summed E-state index contributed by atoms with van der Waals surface area (Å²) in [4.78, 5) is 4.41. The molecule has 0 spiro atoms. The number of nitrogens with zero attached hydrogens (tertiary/aromatic N) is 1. The number of hydrogen-bond donors (Lipinski definition) is 1. The molecule has 0 fully saturated rings. The van der Waals surface area contributed by atoms with Crippen LogP contribution in [0.25, 0.3) is 0 Å². The van der Waals surface area contributed by atoms with Gasteiger partial charge in [0, 0.05) is 23.3 Å². The molecule has 1 aromatic heterocycles. The molecule has 0 aliphatic heterocycles. The van der Waals surface area contributed by atoms with Crippen LogP contribution in [0.4, 0.5) is 0 Å². The molecule has 0 aliphatic rings. The molecule has 4 heteroatoms. The Morgan fingerprint density at radius 1 is 1.20 bits per heavy atom. The molecule has 0 amide bonds. The van der Waals surface area contributed by atoms with Gasteiger partial charge in [0.25, 0.3) is 0 Å². The highest BCUT2D eigenvalue weighted by Crippen LogP contribution is 2.25. The van der Waals surface area contributed by atoms with Crippen LogP contribution in [0.15, 0.2) is 30.3 Å². The van der Waals surface area contributed by atoms with Crippen LogP contribution in [0, 0.1) is 13.8 Å². The van der Waals surface area contributed by atoms with Gasteiger partial charge in [-0.25, -0.2) is 4.98 Å². The van der Waals surface area contributed by atoms with Crippen LogP contribution < -0.4 is 10.1 Å². The third-order valence-electron chi connectivity index (χ3n) is 2.92. The maximum absolute atomic E-state index is 6.01. The van der Waals surface area contributed by atoms with Crippen LogP contribution in [-0.2, 0) is 6.54 Å². The van der Waals surface area contributed by atoms with Crippen molar-refractivity contribution in [1.82, 2.24) is 10.3 Å². The molecule has 0 bridgehead atoms. The lowest BCUT2D eigenvalue weighted by Gasteiger charge is -2.09. The van der Waals surface area contributed by atoms with Crippen molar-refractivity contribution in [1.29, 1.82) is 0 Å². The van der Waals surface area contributed by atoms with Gasteiger partial charge in [-0.05, 0) is 55.8 Å². The first kappa shape index (κ1) is 14.8. The van der Waals surface area contributed by atoms with Gasteiger partial charge in [0.1, 0.15) is 5.75 Å². The zero-order valence-electron chi connectivity index (χ0n) is 12.0. The van der Waals surface area contributed by atoms with E-state index in [2.05, 4.69) is 23.3 Å². The Balaban J connectivity index is 2.19. The number of pyridine rings is 1. The fraction of sp³-hybridized carbons (Fsp3) is 0.312. The summed E-state index contributed by atoms with van der Waals surface area (Å²) in [5.41, 5.74) is 3.10. The second kappa shape index (κ2) is 6.73. The fourth-order valence-corrected chi connectivity index (χ4v) is 2.05. The maximum Gasteiger partial charge on any atom is 0.219 e. The summed E-state index contributed by atoms with van der Waals surface area (Å²) in [6.07, 6.45) is 0. The number of hydrogen-bond acceptors (Lipinski definition) is 3. The van der Waals surface area contributed by atoms with Crippen LogP contribution in [0.5, 0.6) is 11.6 Å². The van der Waals surface area contributed by atoms with Gasteiger partial charge in [-0.15, -0.1) is 0 Å². The minimum Gasteiger partial charge on any atom is -0.439 e. The highest BCUT2D eigenvalue weighted by Gasteiger charge is 2.04. The Labute approximate surface area is 124 Å². The molecule has 20 heavy (non-hydrogen) atoms. The predicted octanol–water partition coefficient (Wildman–Crippen LogP) is 4.25. The average molecular weight is 291 g/mol. The lowest BCUT2D eigenvalue weighted by molar-refractivity contribution is 0.460. The maximum atomic E-state index is 6.01. The predicted molar refractivity (Wildman–Crippen MR) is 82.6 cm³/mol. The number of aryl methyl sites for hydroxylation is 2. The smallest absolute Gasteiger partial charge is 0.219 e. The molecule has 0 atom stereocenters. The molecule has 1 N–H and O–H groups in total. The lowest BCUT2D eigenvalue weighted by atomic mass is 10.2. The molecule has 2 aromatic rings. The third kappa shape index (κ3) is 3.95. The Bertz CT molecular complexity index is 599. The van der Waals surface area contributed by atoms with Crippen molar-refractivity contribution in [3.63, 3.8) is 0 Å². The average Bonchev–Trinajstić information content (AvgIpc) is 2.40. The van der Waals surface area contributed by atoms with E-state index in [0.29, 0.717) is 5.88 Å². The highest BCUT2D eigenvalue weighted by molar-refractivity contribution is 6.31. The van der Waals surface area contributed by atoms with E-state index in [1.165, 1.54) is 5.56 Å². The Morgan fingerprint density at radius 2 is 2.00 bits per heavy atom. The topological polar surface area (TPSA) is 34.2 Å². The van der Waals surface area contributed by atoms with Crippen LogP contribution in [0.1, 0.15) is 23.7 Å². The van der Waals surface area contributed by atoms with Crippen molar-refractivity contribution in [2.75, 3.05) is 6.54 Å². The van der Waals surface area contributed by atoms with Crippen molar-refractivity contribution in [3.05, 3.63) is 52.2 Å². The summed E-state index contributed by atoms with van der Waals surface area (Å²) >= 11 is 6.01. The van der Waals surface area contributed by atoms with Gasteiger partial charge in [0.2, 0.25) is 5.88 Å². The van der Waals surface area contributed by atoms with Crippen molar-refractivity contribution in [2.24, 2.45) is 0 Å². The van der Waals surface area contributed by atoms with E-state index in [0.717, 1.165) is 35.1 Å².